The van der Waals surface area contributed by atoms with Crippen molar-refractivity contribution in [2.24, 2.45) is 0 Å². The van der Waals surface area contributed by atoms with Gasteiger partial charge in [0.05, 0.1) is 24.7 Å². The molecule has 0 aliphatic rings. The Morgan fingerprint density at radius 2 is 1.93 bits per heavy atom. The fourth-order valence-electron chi connectivity index (χ4n) is 2.52. The number of anilines is 1. The molecule has 1 heterocycles. The maximum absolute atomic E-state index is 12.5. The van der Waals surface area contributed by atoms with E-state index < -0.39 is 12.2 Å². The summed E-state index contributed by atoms with van der Waals surface area (Å²) in [7, 11) is 1.36. The van der Waals surface area contributed by atoms with Crippen LogP contribution in [0.3, 0.4) is 0 Å². The molecular formula is C19H16ClF2N3O3. The summed E-state index contributed by atoms with van der Waals surface area (Å²) >= 11 is 6.19. The molecule has 1 aromatic heterocycles. The standard InChI is InChI=1S/C19H16ClF2N3O3/c1-27-16-9-12(7-8-15(16)28-19(21)22)10-23-14-11-24-25(18(26)17(14)20)13-5-3-2-4-6-13/h2-9,11,19,23H,10H2,1H3. The number of methoxy groups -OCH3 is 1. The van der Waals surface area contributed by atoms with Gasteiger partial charge in [-0.15, -0.1) is 0 Å². The van der Waals surface area contributed by atoms with Crippen LogP contribution in [0.5, 0.6) is 11.5 Å². The van der Waals surface area contributed by atoms with Gasteiger partial charge in [-0.05, 0) is 29.8 Å². The SMILES string of the molecule is COc1cc(CNc2cnn(-c3ccccc3)c(=O)c2Cl)ccc1OC(F)F. The summed E-state index contributed by atoms with van der Waals surface area (Å²) in [5.74, 6) is 0.106. The van der Waals surface area contributed by atoms with E-state index in [0.717, 1.165) is 0 Å². The van der Waals surface area contributed by atoms with Gasteiger partial charge in [-0.25, -0.2) is 0 Å². The Hall–Kier alpha value is -3.13. The van der Waals surface area contributed by atoms with Crippen molar-refractivity contribution < 1.29 is 18.3 Å². The van der Waals surface area contributed by atoms with E-state index in [-0.39, 0.29) is 23.1 Å². The first kappa shape index (κ1) is 19.6. The molecule has 0 saturated heterocycles. The molecule has 0 unspecified atom stereocenters. The zero-order chi connectivity index (χ0) is 20.1. The first-order valence-corrected chi connectivity index (χ1v) is 8.56. The van der Waals surface area contributed by atoms with Gasteiger partial charge < -0.3 is 14.8 Å². The second-order valence-corrected chi connectivity index (χ2v) is 6.02. The fraction of sp³-hybridized carbons (Fsp3) is 0.158. The number of halogens is 3. The molecule has 1 N–H and O–H groups in total. The molecule has 0 aliphatic heterocycles. The predicted octanol–water partition coefficient (Wildman–Crippen LogP) is 4.11. The van der Waals surface area contributed by atoms with Crippen LogP contribution in [0.1, 0.15) is 5.56 Å². The lowest BCUT2D eigenvalue weighted by atomic mass is 10.2. The maximum atomic E-state index is 12.5. The average molecular weight is 408 g/mol. The van der Waals surface area contributed by atoms with Crippen molar-refractivity contribution in [3.8, 4) is 17.2 Å². The lowest BCUT2D eigenvalue weighted by Crippen LogP contribution is -2.22. The minimum absolute atomic E-state index is 0.0107. The number of ether oxygens (including phenoxy) is 2. The Bertz CT molecular complexity index is 1010. The lowest BCUT2D eigenvalue weighted by Gasteiger charge is -2.13. The summed E-state index contributed by atoms with van der Waals surface area (Å²) in [5, 5.41) is 7.13. The Morgan fingerprint density at radius 3 is 2.61 bits per heavy atom. The van der Waals surface area contributed by atoms with Crippen LogP contribution in [0.2, 0.25) is 5.02 Å². The third-order valence-corrected chi connectivity index (χ3v) is 4.21. The van der Waals surface area contributed by atoms with E-state index >= 15 is 0 Å². The van der Waals surface area contributed by atoms with Crippen LogP contribution in [-0.2, 0) is 6.54 Å². The third kappa shape index (κ3) is 4.40. The van der Waals surface area contributed by atoms with Crippen LogP contribution in [0, 0.1) is 0 Å². The second kappa shape index (κ2) is 8.71. The van der Waals surface area contributed by atoms with E-state index in [1.165, 1.54) is 24.1 Å². The molecule has 9 heteroatoms. The highest BCUT2D eigenvalue weighted by molar-refractivity contribution is 6.32. The quantitative estimate of drug-likeness (QED) is 0.638. The predicted molar refractivity (Wildman–Crippen MR) is 102 cm³/mol. The molecule has 0 amide bonds. The molecular weight excluding hydrogens is 392 g/mol. The van der Waals surface area contributed by atoms with Crippen molar-refractivity contribution >= 4 is 17.3 Å². The van der Waals surface area contributed by atoms with E-state index in [2.05, 4.69) is 15.2 Å². The molecule has 28 heavy (non-hydrogen) atoms. The summed E-state index contributed by atoms with van der Waals surface area (Å²) in [6, 6.07) is 13.4. The smallest absolute Gasteiger partial charge is 0.387 e. The lowest BCUT2D eigenvalue weighted by molar-refractivity contribution is -0.0512. The van der Waals surface area contributed by atoms with E-state index in [9.17, 15) is 13.6 Å². The molecule has 0 fully saturated rings. The molecule has 3 aromatic rings. The van der Waals surface area contributed by atoms with Crippen molar-refractivity contribution in [2.45, 2.75) is 13.2 Å². The van der Waals surface area contributed by atoms with Crippen molar-refractivity contribution in [3.63, 3.8) is 0 Å². The van der Waals surface area contributed by atoms with Crippen LogP contribution in [0.15, 0.2) is 59.5 Å². The monoisotopic (exact) mass is 407 g/mol. The number of nitrogens with zero attached hydrogens (tertiary/aromatic N) is 2. The molecule has 6 nitrogen and oxygen atoms in total. The zero-order valence-electron chi connectivity index (χ0n) is 14.7. The summed E-state index contributed by atoms with van der Waals surface area (Å²) in [5.41, 5.74) is 1.20. The Morgan fingerprint density at radius 1 is 1.18 bits per heavy atom. The van der Waals surface area contributed by atoms with Gasteiger partial charge in [-0.1, -0.05) is 35.9 Å². The number of benzene rings is 2. The van der Waals surface area contributed by atoms with Crippen molar-refractivity contribution in [1.82, 2.24) is 9.78 Å². The summed E-state index contributed by atoms with van der Waals surface area (Å²) in [6.45, 7) is -2.68. The summed E-state index contributed by atoms with van der Waals surface area (Å²) in [4.78, 5) is 12.5. The molecule has 3 rings (SSSR count). The summed E-state index contributed by atoms with van der Waals surface area (Å²) < 4.78 is 35.5. The fourth-order valence-corrected chi connectivity index (χ4v) is 2.72. The van der Waals surface area contributed by atoms with E-state index in [1.807, 2.05) is 6.07 Å². The van der Waals surface area contributed by atoms with Gasteiger partial charge in [0.15, 0.2) is 11.5 Å². The first-order chi connectivity index (χ1) is 13.5. The number of para-hydroxylation sites is 1. The topological polar surface area (TPSA) is 65.4 Å². The van der Waals surface area contributed by atoms with Gasteiger partial charge in [-0.2, -0.15) is 18.6 Å². The largest absolute Gasteiger partial charge is 0.493 e. The van der Waals surface area contributed by atoms with Crippen molar-refractivity contribution in [2.75, 3.05) is 12.4 Å². The van der Waals surface area contributed by atoms with E-state index in [4.69, 9.17) is 16.3 Å². The minimum atomic E-state index is -2.95. The summed E-state index contributed by atoms with van der Waals surface area (Å²) in [6.07, 6.45) is 1.45. The highest BCUT2D eigenvalue weighted by Gasteiger charge is 2.13. The van der Waals surface area contributed by atoms with Crippen molar-refractivity contribution in [3.05, 3.63) is 75.7 Å². The van der Waals surface area contributed by atoms with Gasteiger partial charge in [0.1, 0.15) is 5.02 Å². The molecule has 2 aromatic carbocycles. The zero-order valence-corrected chi connectivity index (χ0v) is 15.5. The van der Waals surface area contributed by atoms with Crippen LogP contribution in [0.25, 0.3) is 5.69 Å². The minimum Gasteiger partial charge on any atom is -0.493 e. The number of nitrogens with one attached hydrogen (secondary N) is 1. The third-order valence-electron chi connectivity index (χ3n) is 3.85. The van der Waals surface area contributed by atoms with Gasteiger partial charge in [0.2, 0.25) is 0 Å². The van der Waals surface area contributed by atoms with Gasteiger partial charge in [0.25, 0.3) is 5.56 Å². The number of rotatable bonds is 7. The van der Waals surface area contributed by atoms with Gasteiger partial charge in [0, 0.05) is 6.54 Å². The number of hydrogen-bond donors (Lipinski definition) is 1. The molecule has 146 valence electrons. The highest BCUT2D eigenvalue weighted by Crippen LogP contribution is 2.30. The van der Waals surface area contributed by atoms with Crippen LogP contribution in [0.4, 0.5) is 14.5 Å². The number of aromatic nitrogens is 2. The number of alkyl halides is 2. The van der Waals surface area contributed by atoms with Crippen LogP contribution < -0.4 is 20.3 Å². The van der Waals surface area contributed by atoms with Gasteiger partial charge in [-0.3, -0.25) is 4.79 Å². The maximum Gasteiger partial charge on any atom is 0.387 e. The molecule has 0 spiro atoms. The van der Waals surface area contributed by atoms with Crippen LogP contribution >= 0.6 is 11.6 Å². The van der Waals surface area contributed by atoms with Gasteiger partial charge >= 0.3 is 6.61 Å². The molecule has 0 radical (unpaired) electrons. The average Bonchev–Trinajstić information content (AvgIpc) is 2.70. The normalized spacial score (nSPS) is 10.8. The molecule has 0 saturated carbocycles. The Labute approximate surface area is 164 Å². The molecule has 0 aliphatic carbocycles. The highest BCUT2D eigenvalue weighted by atomic mass is 35.5. The first-order valence-electron chi connectivity index (χ1n) is 8.18. The van der Waals surface area contributed by atoms with Crippen LogP contribution in [-0.4, -0.2) is 23.5 Å². The van der Waals surface area contributed by atoms with Crippen molar-refractivity contribution in [1.29, 1.82) is 0 Å². The Balaban J connectivity index is 1.78. The van der Waals surface area contributed by atoms with E-state index in [0.29, 0.717) is 16.9 Å². The number of hydrogen-bond acceptors (Lipinski definition) is 5. The second-order valence-electron chi connectivity index (χ2n) is 5.64. The molecule has 0 bridgehead atoms. The molecule has 0 atom stereocenters. The Kier molecular flexibility index (Phi) is 6.10. The van der Waals surface area contributed by atoms with E-state index in [1.54, 1.807) is 36.4 Å².